The van der Waals surface area contributed by atoms with Crippen LogP contribution in [0.3, 0.4) is 0 Å². The Morgan fingerprint density at radius 1 is 0.514 bits per heavy atom. The third-order valence-electron chi connectivity index (χ3n) is 4.18. The summed E-state index contributed by atoms with van der Waals surface area (Å²) < 4.78 is 0. The van der Waals surface area contributed by atoms with E-state index in [9.17, 15) is 0 Å². The number of hydrogen-bond acceptors (Lipinski definition) is 17. The number of aryl methyl sites for hydroxylation is 1. The van der Waals surface area contributed by atoms with Gasteiger partial charge in [-0.2, -0.15) is 39.9 Å². The number of nitrogens with one attached hydrogen (secondary N) is 4. The summed E-state index contributed by atoms with van der Waals surface area (Å²) in [5, 5.41) is 14.8. The molecule has 0 spiro atoms. The van der Waals surface area contributed by atoms with E-state index in [-0.39, 0.29) is 5.95 Å². The third kappa shape index (κ3) is 10.2. The highest BCUT2D eigenvalue weighted by atomic mass is 32.2. The van der Waals surface area contributed by atoms with Crippen molar-refractivity contribution < 1.29 is 0 Å². The van der Waals surface area contributed by atoms with Gasteiger partial charge in [-0.15, -0.1) is 0 Å². The van der Waals surface area contributed by atoms with E-state index in [0.29, 0.717) is 71.3 Å². The minimum atomic E-state index is 0.191. The summed E-state index contributed by atoms with van der Waals surface area (Å²) >= 11 is 4.64. The minimum Gasteiger partial charge on any atom is -0.368 e. The molecule has 0 radical (unpaired) electrons. The fourth-order valence-electron chi connectivity index (χ4n) is 2.78. The number of nitrogens with zero attached hydrogens (tertiary/aromatic N) is 9. The lowest BCUT2D eigenvalue weighted by Crippen LogP contribution is -2.20. The molecule has 17 heteroatoms. The lowest BCUT2D eigenvalue weighted by Gasteiger charge is -2.11. The van der Waals surface area contributed by atoms with Crippen LogP contribution in [0.1, 0.15) is 26.6 Å². The van der Waals surface area contributed by atoms with Gasteiger partial charge in [0.2, 0.25) is 29.7 Å². The van der Waals surface area contributed by atoms with E-state index in [2.05, 4.69) is 80.0 Å². The van der Waals surface area contributed by atoms with Crippen LogP contribution in [0.2, 0.25) is 0 Å². The second-order valence-corrected chi connectivity index (χ2v) is 10.8. The van der Waals surface area contributed by atoms with E-state index in [1.807, 2.05) is 13.8 Å². The van der Waals surface area contributed by atoms with Crippen molar-refractivity contribution in [2.75, 3.05) is 70.4 Å². The molecular weight excluding hydrogens is 533 g/mol. The van der Waals surface area contributed by atoms with Gasteiger partial charge < -0.3 is 27.0 Å². The molecule has 0 aromatic carbocycles. The molecule has 6 N–H and O–H groups in total. The Labute approximate surface area is 228 Å². The van der Waals surface area contributed by atoms with Crippen LogP contribution in [-0.2, 0) is 0 Å². The molecule has 0 fully saturated rings. The van der Waals surface area contributed by atoms with Gasteiger partial charge in [-0.1, -0.05) is 56.1 Å². The van der Waals surface area contributed by atoms with Gasteiger partial charge in [-0.05, 0) is 24.2 Å². The minimum absolute atomic E-state index is 0.191. The summed E-state index contributed by atoms with van der Waals surface area (Å²) in [4.78, 5) is 39.1. The van der Waals surface area contributed by atoms with Crippen molar-refractivity contribution in [2.45, 2.75) is 43.2 Å². The molecule has 0 saturated carbocycles. The van der Waals surface area contributed by atoms with Crippen LogP contribution in [-0.4, -0.2) is 88.3 Å². The SMILES string of the molecule is CCSc1nc(C)nc(NCCNc2nc(NCCNc3nc(N)nc(SCC)n3)nc(SCC)n2)n1. The molecule has 200 valence electrons. The second kappa shape index (κ2) is 15.4. The monoisotopic (exact) mass is 564 g/mol. The van der Waals surface area contributed by atoms with Gasteiger partial charge in [0, 0.05) is 26.2 Å². The summed E-state index contributed by atoms with van der Waals surface area (Å²) in [7, 11) is 0. The number of nitrogen functional groups attached to an aromatic ring is 1. The van der Waals surface area contributed by atoms with Crippen molar-refractivity contribution in [3.05, 3.63) is 5.82 Å². The average molecular weight is 565 g/mol. The van der Waals surface area contributed by atoms with Gasteiger partial charge in [0.25, 0.3) is 0 Å². The Kier molecular flexibility index (Phi) is 11.9. The quantitative estimate of drug-likeness (QED) is 0.126. The van der Waals surface area contributed by atoms with Crippen molar-refractivity contribution in [1.29, 1.82) is 0 Å². The lowest BCUT2D eigenvalue weighted by molar-refractivity contribution is 0.848. The smallest absolute Gasteiger partial charge is 0.228 e. The molecule has 14 nitrogen and oxygen atoms in total. The maximum atomic E-state index is 5.77. The molecule has 0 aliphatic rings. The molecule has 0 saturated heterocycles. The van der Waals surface area contributed by atoms with Crippen LogP contribution in [0, 0.1) is 6.92 Å². The van der Waals surface area contributed by atoms with Gasteiger partial charge in [-0.3, -0.25) is 0 Å². The van der Waals surface area contributed by atoms with Gasteiger partial charge >= 0.3 is 0 Å². The Balaban J connectivity index is 1.51. The van der Waals surface area contributed by atoms with E-state index in [1.165, 1.54) is 11.8 Å². The first-order valence-electron chi connectivity index (χ1n) is 11.8. The molecule has 3 rings (SSSR count). The second-order valence-electron chi connectivity index (χ2n) is 7.06. The standard InChI is InChI=1S/C20H32N14S3/c1-5-35-18-27-12(4)26-14(31-18)22-8-10-24-16-30-17(34-20(33-16)37-7-3)25-11-9-23-15-28-13(21)29-19(32-15)36-6-2/h5-11H2,1-4H3,(H,22,26,27,31)(H3,21,23,28,29,32)(H2,24,25,30,33,34). The summed E-state index contributed by atoms with van der Waals surface area (Å²) in [6.45, 7) is 10.2. The first-order chi connectivity index (χ1) is 18.0. The van der Waals surface area contributed by atoms with Crippen molar-refractivity contribution in [3.8, 4) is 0 Å². The Morgan fingerprint density at radius 3 is 1.35 bits per heavy atom. The Morgan fingerprint density at radius 2 is 0.892 bits per heavy atom. The number of aromatic nitrogens is 9. The summed E-state index contributed by atoms with van der Waals surface area (Å²) in [5.74, 6) is 5.44. The molecule has 0 bridgehead atoms. The zero-order valence-corrected chi connectivity index (χ0v) is 23.7. The van der Waals surface area contributed by atoms with Crippen molar-refractivity contribution >= 4 is 65.0 Å². The maximum Gasteiger partial charge on any atom is 0.228 e. The number of nitrogens with two attached hydrogens (primary N) is 1. The average Bonchev–Trinajstić information content (AvgIpc) is 2.85. The van der Waals surface area contributed by atoms with Crippen molar-refractivity contribution in [2.24, 2.45) is 0 Å². The van der Waals surface area contributed by atoms with E-state index < -0.39 is 0 Å². The Bertz CT molecular complexity index is 1050. The van der Waals surface area contributed by atoms with Crippen molar-refractivity contribution in [3.63, 3.8) is 0 Å². The van der Waals surface area contributed by atoms with Gasteiger partial charge in [0.05, 0.1) is 0 Å². The molecule has 0 unspecified atom stereocenters. The fraction of sp³-hybridized carbons (Fsp3) is 0.550. The summed E-state index contributed by atoms with van der Waals surface area (Å²) in [5.41, 5.74) is 5.77. The van der Waals surface area contributed by atoms with E-state index >= 15 is 0 Å². The highest BCUT2D eigenvalue weighted by Gasteiger charge is 2.08. The largest absolute Gasteiger partial charge is 0.368 e. The normalized spacial score (nSPS) is 10.8. The molecule has 37 heavy (non-hydrogen) atoms. The molecule has 0 aliphatic carbocycles. The van der Waals surface area contributed by atoms with Crippen LogP contribution >= 0.6 is 35.3 Å². The predicted octanol–water partition coefficient (Wildman–Crippen LogP) is 2.52. The van der Waals surface area contributed by atoms with Gasteiger partial charge in [-0.25, -0.2) is 4.98 Å². The van der Waals surface area contributed by atoms with Gasteiger partial charge in [0.1, 0.15) is 5.82 Å². The fourth-order valence-corrected chi connectivity index (χ4v) is 4.51. The Hall–Kier alpha value is -2.92. The first kappa shape index (κ1) is 28.6. The molecule has 0 aliphatic heterocycles. The van der Waals surface area contributed by atoms with Gasteiger partial charge in [0.15, 0.2) is 15.5 Å². The zero-order chi connectivity index (χ0) is 26.5. The predicted molar refractivity (Wildman–Crippen MR) is 152 cm³/mol. The topological polar surface area (TPSA) is 190 Å². The highest BCUT2D eigenvalue weighted by molar-refractivity contribution is 7.99. The van der Waals surface area contributed by atoms with Crippen LogP contribution in [0.15, 0.2) is 15.5 Å². The molecule has 3 aromatic rings. The van der Waals surface area contributed by atoms with E-state index in [4.69, 9.17) is 5.73 Å². The van der Waals surface area contributed by atoms with Crippen molar-refractivity contribution in [1.82, 2.24) is 44.9 Å². The summed E-state index contributed by atoms with van der Waals surface area (Å²) in [6.07, 6.45) is 0. The number of thioether (sulfide) groups is 3. The molecule has 0 amide bonds. The number of anilines is 5. The van der Waals surface area contributed by atoms with Crippen LogP contribution in [0.4, 0.5) is 29.7 Å². The van der Waals surface area contributed by atoms with Crippen LogP contribution in [0.25, 0.3) is 0 Å². The number of hydrogen-bond donors (Lipinski definition) is 5. The van der Waals surface area contributed by atoms with Crippen LogP contribution < -0.4 is 27.0 Å². The zero-order valence-electron chi connectivity index (χ0n) is 21.3. The first-order valence-corrected chi connectivity index (χ1v) is 14.8. The maximum absolute atomic E-state index is 5.77. The molecule has 3 aromatic heterocycles. The lowest BCUT2D eigenvalue weighted by atomic mass is 10.6. The summed E-state index contributed by atoms with van der Waals surface area (Å²) in [6, 6.07) is 0. The highest BCUT2D eigenvalue weighted by Crippen LogP contribution is 2.17. The molecular formula is C20H32N14S3. The van der Waals surface area contributed by atoms with E-state index in [1.54, 1.807) is 23.5 Å². The molecule has 3 heterocycles. The number of rotatable bonds is 16. The van der Waals surface area contributed by atoms with Crippen LogP contribution in [0.5, 0.6) is 0 Å². The third-order valence-corrected chi connectivity index (χ3v) is 6.36. The molecule has 0 atom stereocenters. The van der Waals surface area contributed by atoms with E-state index in [0.717, 1.165) is 17.3 Å².